The third-order valence-corrected chi connectivity index (χ3v) is 4.37. The summed E-state index contributed by atoms with van der Waals surface area (Å²) in [6.45, 7) is 4.03. The van der Waals surface area contributed by atoms with Gasteiger partial charge in [0, 0.05) is 5.02 Å². The zero-order chi connectivity index (χ0) is 12.4. The van der Waals surface area contributed by atoms with Gasteiger partial charge in [-0.3, -0.25) is 0 Å². The second-order valence-electron chi connectivity index (χ2n) is 5.30. The van der Waals surface area contributed by atoms with Crippen molar-refractivity contribution < 1.29 is 5.11 Å². The van der Waals surface area contributed by atoms with Crippen LogP contribution < -0.4 is 0 Å². The molecule has 1 nitrogen and oxygen atoms in total. The van der Waals surface area contributed by atoms with Gasteiger partial charge in [0.15, 0.2) is 0 Å². The van der Waals surface area contributed by atoms with Crippen molar-refractivity contribution in [3.63, 3.8) is 0 Å². The van der Waals surface area contributed by atoms with Gasteiger partial charge < -0.3 is 5.11 Å². The molecule has 1 atom stereocenters. The Balaban J connectivity index is 2.23. The van der Waals surface area contributed by atoms with Crippen molar-refractivity contribution in [2.75, 3.05) is 0 Å². The molecule has 1 fully saturated rings. The molecule has 17 heavy (non-hydrogen) atoms. The maximum Gasteiger partial charge on any atom is 0.0820 e. The average Bonchev–Trinajstić information content (AvgIpc) is 2.34. The van der Waals surface area contributed by atoms with E-state index in [0.29, 0.717) is 5.92 Å². The first-order valence-electron chi connectivity index (χ1n) is 6.54. The molecule has 0 spiro atoms. The zero-order valence-corrected chi connectivity index (χ0v) is 11.4. The number of aliphatic hydroxyl groups excluding tert-OH is 1. The fourth-order valence-electron chi connectivity index (χ4n) is 2.83. The topological polar surface area (TPSA) is 20.2 Å². The fraction of sp³-hybridized carbons (Fsp3) is 0.600. The van der Waals surface area contributed by atoms with Gasteiger partial charge in [0.2, 0.25) is 0 Å². The van der Waals surface area contributed by atoms with E-state index in [9.17, 15) is 5.11 Å². The van der Waals surface area contributed by atoms with Gasteiger partial charge in [0.05, 0.1) is 6.10 Å². The number of aryl methyl sites for hydroxylation is 2. The Morgan fingerprint density at radius 2 is 1.76 bits per heavy atom. The summed E-state index contributed by atoms with van der Waals surface area (Å²) in [7, 11) is 0. The van der Waals surface area contributed by atoms with Crippen LogP contribution in [0.5, 0.6) is 0 Å². The Morgan fingerprint density at radius 1 is 1.12 bits per heavy atom. The Hall–Kier alpha value is -0.530. The first kappa shape index (κ1) is 12.9. The van der Waals surface area contributed by atoms with Crippen LogP contribution >= 0.6 is 11.6 Å². The van der Waals surface area contributed by atoms with E-state index in [1.54, 1.807) is 0 Å². The van der Waals surface area contributed by atoms with Gasteiger partial charge in [-0.15, -0.1) is 0 Å². The van der Waals surface area contributed by atoms with Crippen molar-refractivity contribution >= 4 is 11.6 Å². The number of halogens is 1. The molecule has 0 radical (unpaired) electrons. The minimum absolute atomic E-state index is 0.314. The molecule has 0 bridgehead atoms. The fourth-order valence-corrected chi connectivity index (χ4v) is 3.04. The normalized spacial score (nSPS) is 19.3. The highest BCUT2D eigenvalue weighted by Crippen LogP contribution is 2.36. The summed E-state index contributed by atoms with van der Waals surface area (Å²) in [6, 6.07) is 4.02. The van der Waals surface area contributed by atoms with Gasteiger partial charge in [-0.2, -0.15) is 0 Å². The van der Waals surface area contributed by atoms with Crippen LogP contribution in [0.15, 0.2) is 12.1 Å². The van der Waals surface area contributed by atoms with Crippen LogP contribution in [0, 0.1) is 19.8 Å². The molecule has 2 heteroatoms. The van der Waals surface area contributed by atoms with Crippen molar-refractivity contribution in [3.05, 3.63) is 33.8 Å². The van der Waals surface area contributed by atoms with Crippen LogP contribution in [0.3, 0.4) is 0 Å². The van der Waals surface area contributed by atoms with Gasteiger partial charge in [0.25, 0.3) is 0 Å². The van der Waals surface area contributed by atoms with E-state index in [-0.39, 0.29) is 6.10 Å². The molecule has 0 aliphatic heterocycles. The molecule has 1 aliphatic carbocycles. The van der Waals surface area contributed by atoms with E-state index < -0.39 is 0 Å². The predicted octanol–water partition coefficient (Wildman–Crippen LogP) is 4.57. The summed E-state index contributed by atoms with van der Waals surface area (Å²) in [4.78, 5) is 0. The average molecular weight is 253 g/mol. The van der Waals surface area contributed by atoms with Gasteiger partial charge in [-0.05, 0) is 55.4 Å². The Kier molecular flexibility index (Phi) is 4.11. The second-order valence-corrected chi connectivity index (χ2v) is 5.71. The lowest BCUT2D eigenvalue weighted by molar-refractivity contribution is 0.0843. The van der Waals surface area contributed by atoms with Crippen molar-refractivity contribution in [3.8, 4) is 0 Å². The van der Waals surface area contributed by atoms with Crippen LogP contribution in [0.4, 0.5) is 0 Å². The Labute approximate surface area is 109 Å². The van der Waals surface area contributed by atoms with Crippen molar-refractivity contribution in [1.29, 1.82) is 0 Å². The number of aliphatic hydroxyl groups is 1. The first-order chi connectivity index (χ1) is 8.09. The summed E-state index contributed by atoms with van der Waals surface area (Å²) >= 11 is 6.09. The number of hydrogen-bond donors (Lipinski definition) is 1. The smallest absolute Gasteiger partial charge is 0.0820 e. The van der Waals surface area contributed by atoms with Gasteiger partial charge in [0.1, 0.15) is 0 Å². The van der Waals surface area contributed by atoms with E-state index >= 15 is 0 Å². The van der Waals surface area contributed by atoms with Crippen LogP contribution in [0.25, 0.3) is 0 Å². The number of benzene rings is 1. The number of rotatable bonds is 2. The highest BCUT2D eigenvalue weighted by molar-refractivity contribution is 6.31. The first-order valence-corrected chi connectivity index (χ1v) is 6.92. The molecule has 0 saturated heterocycles. The van der Waals surface area contributed by atoms with E-state index in [0.717, 1.165) is 34.6 Å². The van der Waals surface area contributed by atoms with E-state index in [1.165, 1.54) is 19.3 Å². The molecule has 1 unspecified atom stereocenters. The summed E-state index contributed by atoms with van der Waals surface area (Å²) in [5, 5.41) is 11.3. The molecule has 94 valence electrons. The lowest BCUT2D eigenvalue weighted by atomic mass is 9.81. The molecule has 0 heterocycles. The Bertz CT molecular complexity index is 394. The van der Waals surface area contributed by atoms with E-state index in [4.69, 9.17) is 11.6 Å². The van der Waals surface area contributed by atoms with Crippen LogP contribution in [0.2, 0.25) is 5.02 Å². The zero-order valence-electron chi connectivity index (χ0n) is 10.7. The third kappa shape index (κ3) is 2.83. The maximum atomic E-state index is 10.5. The van der Waals surface area contributed by atoms with E-state index in [2.05, 4.69) is 6.07 Å². The van der Waals surface area contributed by atoms with Crippen molar-refractivity contribution in [2.24, 2.45) is 5.92 Å². The number of hydrogen-bond acceptors (Lipinski definition) is 1. The quantitative estimate of drug-likeness (QED) is 0.818. The molecule has 1 saturated carbocycles. The Morgan fingerprint density at radius 3 is 2.41 bits per heavy atom. The standard InChI is InChI=1S/C15H21ClO/c1-10-9-14(16)11(2)8-13(10)15(17)12-6-4-3-5-7-12/h8-9,12,15,17H,3-7H2,1-2H3. The van der Waals surface area contributed by atoms with Gasteiger partial charge in [-0.25, -0.2) is 0 Å². The lowest BCUT2D eigenvalue weighted by Gasteiger charge is -2.28. The van der Waals surface area contributed by atoms with Gasteiger partial charge >= 0.3 is 0 Å². The summed E-state index contributed by atoms with van der Waals surface area (Å²) in [6.07, 6.45) is 5.83. The minimum Gasteiger partial charge on any atom is -0.388 e. The maximum absolute atomic E-state index is 10.5. The summed E-state index contributed by atoms with van der Waals surface area (Å²) in [5.74, 6) is 0.433. The molecular formula is C15H21ClO. The molecule has 0 aromatic heterocycles. The van der Waals surface area contributed by atoms with E-state index in [1.807, 2.05) is 19.9 Å². The lowest BCUT2D eigenvalue weighted by Crippen LogP contribution is -2.17. The minimum atomic E-state index is -0.314. The largest absolute Gasteiger partial charge is 0.388 e. The molecule has 1 N–H and O–H groups in total. The molecule has 2 rings (SSSR count). The van der Waals surface area contributed by atoms with Crippen LogP contribution in [0.1, 0.15) is 54.9 Å². The summed E-state index contributed by atoms with van der Waals surface area (Å²) in [5.41, 5.74) is 3.24. The molecular weight excluding hydrogens is 232 g/mol. The predicted molar refractivity (Wildman–Crippen MR) is 72.5 cm³/mol. The van der Waals surface area contributed by atoms with Crippen LogP contribution in [-0.2, 0) is 0 Å². The second kappa shape index (κ2) is 5.41. The van der Waals surface area contributed by atoms with Gasteiger partial charge in [-0.1, -0.05) is 36.9 Å². The molecule has 1 aliphatic rings. The van der Waals surface area contributed by atoms with Crippen LogP contribution in [-0.4, -0.2) is 5.11 Å². The molecule has 1 aromatic carbocycles. The third-order valence-electron chi connectivity index (χ3n) is 3.96. The van der Waals surface area contributed by atoms with Crippen molar-refractivity contribution in [2.45, 2.75) is 52.1 Å². The highest BCUT2D eigenvalue weighted by Gasteiger charge is 2.24. The SMILES string of the molecule is Cc1cc(C(O)C2CCCCC2)c(C)cc1Cl. The molecule has 0 amide bonds. The van der Waals surface area contributed by atoms with Crippen molar-refractivity contribution in [1.82, 2.24) is 0 Å². The molecule has 1 aromatic rings. The monoisotopic (exact) mass is 252 g/mol. The highest BCUT2D eigenvalue weighted by atomic mass is 35.5. The summed E-state index contributed by atoms with van der Waals surface area (Å²) < 4.78 is 0.